The maximum absolute atomic E-state index is 12.3. The molecule has 1 aromatic carbocycles. The summed E-state index contributed by atoms with van der Waals surface area (Å²) in [6.45, 7) is 4.65. The lowest BCUT2D eigenvalue weighted by molar-refractivity contribution is 0.0655. The van der Waals surface area contributed by atoms with Crippen molar-refractivity contribution in [3.63, 3.8) is 0 Å². The lowest BCUT2D eigenvalue weighted by Crippen LogP contribution is -2.52. The van der Waals surface area contributed by atoms with Crippen LogP contribution < -0.4 is 5.32 Å². The van der Waals surface area contributed by atoms with Gasteiger partial charge in [0.05, 0.1) is 0 Å². The van der Waals surface area contributed by atoms with E-state index in [9.17, 15) is 4.79 Å². The molecule has 5 heteroatoms. The number of hydrogen-bond donors (Lipinski definition) is 1. The average Bonchev–Trinajstić information content (AvgIpc) is 2.39. The minimum atomic E-state index is 0. The summed E-state index contributed by atoms with van der Waals surface area (Å²) in [5.41, 5.74) is 0.788. The number of amides is 1. The van der Waals surface area contributed by atoms with E-state index in [0.29, 0.717) is 0 Å². The van der Waals surface area contributed by atoms with Gasteiger partial charge in [-0.1, -0.05) is 0 Å². The molecule has 100 valence electrons. The number of halogens is 1. The fourth-order valence-electron chi connectivity index (χ4n) is 2.04. The van der Waals surface area contributed by atoms with Crippen molar-refractivity contribution < 1.29 is 4.79 Å². The van der Waals surface area contributed by atoms with Gasteiger partial charge >= 0.3 is 0 Å². The van der Waals surface area contributed by atoms with Gasteiger partial charge in [0.1, 0.15) is 0 Å². The van der Waals surface area contributed by atoms with E-state index in [1.54, 1.807) is 11.8 Å². The number of carbonyl (C=O) groups excluding carboxylic acids is 1. The predicted molar refractivity (Wildman–Crippen MR) is 78.8 cm³/mol. The summed E-state index contributed by atoms with van der Waals surface area (Å²) < 4.78 is 0. The van der Waals surface area contributed by atoms with Crippen molar-refractivity contribution in [2.45, 2.75) is 17.9 Å². The predicted octanol–water partition coefficient (Wildman–Crippen LogP) is 2.26. The van der Waals surface area contributed by atoms with Crippen molar-refractivity contribution >= 4 is 30.1 Å². The Kier molecular flexibility index (Phi) is 5.99. The standard InChI is InChI=1S/C13H18N2OS.ClH/c1-10-9-14-7-8-15(10)13(16)11-3-5-12(17-2)6-4-11;/h3-6,10,14H,7-9H2,1-2H3;1H. The van der Waals surface area contributed by atoms with E-state index in [-0.39, 0.29) is 24.4 Å². The molecule has 1 atom stereocenters. The number of carbonyl (C=O) groups is 1. The van der Waals surface area contributed by atoms with Gasteiger partial charge in [-0.3, -0.25) is 4.79 Å². The molecule has 2 rings (SSSR count). The van der Waals surface area contributed by atoms with Crippen LogP contribution in [0, 0.1) is 0 Å². The molecule has 1 aliphatic rings. The van der Waals surface area contributed by atoms with Crippen molar-refractivity contribution in [3.05, 3.63) is 29.8 Å². The van der Waals surface area contributed by atoms with Crippen molar-refractivity contribution in [2.24, 2.45) is 0 Å². The second kappa shape index (κ2) is 7.02. The Balaban J connectivity index is 0.00000162. The highest BCUT2D eigenvalue weighted by molar-refractivity contribution is 7.98. The first-order valence-corrected chi connectivity index (χ1v) is 7.10. The zero-order valence-corrected chi connectivity index (χ0v) is 12.3. The van der Waals surface area contributed by atoms with Crippen LogP contribution >= 0.6 is 24.2 Å². The summed E-state index contributed by atoms with van der Waals surface area (Å²) in [5.74, 6) is 0.145. The molecule has 1 aromatic rings. The second-order valence-corrected chi connectivity index (χ2v) is 5.16. The number of hydrogen-bond acceptors (Lipinski definition) is 3. The van der Waals surface area contributed by atoms with E-state index in [1.165, 1.54) is 4.90 Å². The first-order chi connectivity index (χ1) is 8.22. The van der Waals surface area contributed by atoms with Gasteiger partial charge < -0.3 is 10.2 Å². The van der Waals surface area contributed by atoms with Gasteiger partial charge in [0.25, 0.3) is 5.91 Å². The lowest BCUT2D eigenvalue weighted by Gasteiger charge is -2.34. The van der Waals surface area contributed by atoms with E-state index in [0.717, 1.165) is 25.2 Å². The lowest BCUT2D eigenvalue weighted by atomic mass is 10.1. The number of nitrogens with zero attached hydrogens (tertiary/aromatic N) is 1. The third kappa shape index (κ3) is 3.40. The van der Waals surface area contributed by atoms with Crippen LogP contribution in [0.1, 0.15) is 17.3 Å². The molecule has 1 saturated heterocycles. The summed E-state index contributed by atoms with van der Waals surface area (Å²) >= 11 is 1.69. The molecule has 0 bridgehead atoms. The zero-order chi connectivity index (χ0) is 12.3. The van der Waals surface area contributed by atoms with Crippen LogP contribution in [-0.4, -0.2) is 42.7 Å². The van der Waals surface area contributed by atoms with Gasteiger partial charge in [0.2, 0.25) is 0 Å². The Labute approximate surface area is 119 Å². The number of thioether (sulfide) groups is 1. The maximum Gasteiger partial charge on any atom is 0.254 e. The number of nitrogens with one attached hydrogen (secondary N) is 1. The molecule has 1 aliphatic heterocycles. The highest BCUT2D eigenvalue weighted by Gasteiger charge is 2.23. The molecule has 0 aliphatic carbocycles. The zero-order valence-electron chi connectivity index (χ0n) is 10.7. The molecule has 3 nitrogen and oxygen atoms in total. The van der Waals surface area contributed by atoms with Crippen LogP contribution in [0.15, 0.2) is 29.2 Å². The molecule has 0 radical (unpaired) electrons. The Morgan fingerprint density at radius 1 is 1.39 bits per heavy atom. The van der Waals surface area contributed by atoms with Crippen LogP contribution in [0.25, 0.3) is 0 Å². The first kappa shape index (κ1) is 15.3. The number of piperazine rings is 1. The molecular formula is C13H19ClN2OS. The topological polar surface area (TPSA) is 32.3 Å². The molecule has 1 unspecified atom stereocenters. The Bertz CT molecular complexity index is 396. The Hall–Kier alpha value is -0.710. The van der Waals surface area contributed by atoms with Gasteiger partial charge in [-0.05, 0) is 37.4 Å². The van der Waals surface area contributed by atoms with E-state index in [4.69, 9.17) is 0 Å². The van der Waals surface area contributed by atoms with Crippen LogP contribution in [0.3, 0.4) is 0 Å². The average molecular weight is 287 g/mol. The van der Waals surface area contributed by atoms with E-state index in [1.807, 2.05) is 35.4 Å². The Morgan fingerprint density at radius 2 is 2.06 bits per heavy atom. The molecule has 1 N–H and O–H groups in total. The summed E-state index contributed by atoms with van der Waals surface area (Å²) in [6, 6.07) is 8.12. The summed E-state index contributed by atoms with van der Waals surface area (Å²) in [5, 5.41) is 3.29. The summed E-state index contributed by atoms with van der Waals surface area (Å²) in [4.78, 5) is 15.4. The fourth-order valence-corrected chi connectivity index (χ4v) is 2.45. The monoisotopic (exact) mass is 286 g/mol. The molecular weight excluding hydrogens is 268 g/mol. The third-order valence-electron chi connectivity index (χ3n) is 3.10. The van der Waals surface area contributed by atoms with Crippen LogP contribution in [0.4, 0.5) is 0 Å². The van der Waals surface area contributed by atoms with Crippen LogP contribution in [0.5, 0.6) is 0 Å². The van der Waals surface area contributed by atoms with Gasteiger partial charge in [-0.25, -0.2) is 0 Å². The molecule has 0 aromatic heterocycles. The first-order valence-electron chi connectivity index (χ1n) is 5.88. The largest absolute Gasteiger partial charge is 0.333 e. The van der Waals surface area contributed by atoms with Crippen molar-refractivity contribution in [2.75, 3.05) is 25.9 Å². The highest BCUT2D eigenvalue weighted by atomic mass is 35.5. The van der Waals surface area contributed by atoms with Crippen molar-refractivity contribution in [1.29, 1.82) is 0 Å². The molecule has 1 amide bonds. The van der Waals surface area contributed by atoms with Crippen LogP contribution in [-0.2, 0) is 0 Å². The number of benzene rings is 1. The van der Waals surface area contributed by atoms with E-state index in [2.05, 4.69) is 12.2 Å². The van der Waals surface area contributed by atoms with Gasteiger partial charge in [0, 0.05) is 36.1 Å². The fraction of sp³-hybridized carbons (Fsp3) is 0.462. The highest BCUT2D eigenvalue weighted by Crippen LogP contribution is 2.17. The molecule has 18 heavy (non-hydrogen) atoms. The minimum absolute atomic E-state index is 0. The quantitative estimate of drug-likeness (QED) is 0.847. The van der Waals surface area contributed by atoms with Crippen LogP contribution in [0.2, 0.25) is 0 Å². The molecule has 0 saturated carbocycles. The van der Waals surface area contributed by atoms with Gasteiger partial charge in [-0.2, -0.15) is 0 Å². The smallest absolute Gasteiger partial charge is 0.254 e. The van der Waals surface area contributed by atoms with Gasteiger partial charge in [0.15, 0.2) is 0 Å². The summed E-state index contributed by atoms with van der Waals surface area (Å²) in [6.07, 6.45) is 2.04. The number of rotatable bonds is 2. The van der Waals surface area contributed by atoms with Crippen molar-refractivity contribution in [1.82, 2.24) is 10.2 Å². The molecule has 0 spiro atoms. The van der Waals surface area contributed by atoms with E-state index < -0.39 is 0 Å². The second-order valence-electron chi connectivity index (χ2n) is 4.28. The minimum Gasteiger partial charge on any atom is -0.333 e. The molecule has 1 fully saturated rings. The Morgan fingerprint density at radius 3 is 2.61 bits per heavy atom. The third-order valence-corrected chi connectivity index (χ3v) is 3.84. The maximum atomic E-state index is 12.3. The van der Waals surface area contributed by atoms with E-state index >= 15 is 0 Å². The molecule has 1 heterocycles. The van der Waals surface area contributed by atoms with Crippen molar-refractivity contribution in [3.8, 4) is 0 Å². The van der Waals surface area contributed by atoms with Gasteiger partial charge in [-0.15, -0.1) is 24.2 Å². The SMILES string of the molecule is CSc1ccc(C(=O)N2CCNCC2C)cc1.Cl. The summed E-state index contributed by atoms with van der Waals surface area (Å²) in [7, 11) is 0. The normalized spacial score (nSPS) is 19.2.